The van der Waals surface area contributed by atoms with E-state index in [2.05, 4.69) is 4.90 Å². The highest BCUT2D eigenvalue weighted by molar-refractivity contribution is 5.75. The summed E-state index contributed by atoms with van der Waals surface area (Å²) >= 11 is 0. The summed E-state index contributed by atoms with van der Waals surface area (Å²) in [4.78, 5) is 15.9. The van der Waals surface area contributed by atoms with Gasteiger partial charge in [-0.2, -0.15) is 0 Å². The number of rotatable bonds is 5. The second kappa shape index (κ2) is 7.53. The predicted molar refractivity (Wildman–Crippen MR) is 93.6 cm³/mol. The molecule has 2 aromatic carbocycles. The number of carboxylic acids is 1. The van der Waals surface area contributed by atoms with E-state index in [1.807, 2.05) is 29.2 Å². The van der Waals surface area contributed by atoms with Gasteiger partial charge >= 0.3 is 5.97 Å². The molecule has 0 radical (unpaired) electrons. The summed E-state index contributed by atoms with van der Waals surface area (Å²) in [6.07, 6.45) is 0. The Morgan fingerprint density at radius 1 is 1.08 bits per heavy atom. The number of halogens is 1. The molecule has 1 saturated heterocycles. The van der Waals surface area contributed by atoms with Gasteiger partial charge in [0.25, 0.3) is 0 Å². The Morgan fingerprint density at radius 2 is 1.72 bits per heavy atom. The SMILES string of the molecule is COc1ccccc1N1CCN(C(C(=O)O)c2ccc(F)cc2)CC1. The summed E-state index contributed by atoms with van der Waals surface area (Å²) in [5.41, 5.74) is 1.61. The quantitative estimate of drug-likeness (QED) is 0.904. The molecule has 1 atom stereocenters. The van der Waals surface area contributed by atoms with Crippen LogP contribution in [0.1, 0.15) is 11.6 Å². The Labute approximate surface area is 146 Å². The molecule has 0 aromatic heterocycles. The number of carboxylic acid groups (broad SMARTS) is 1. The second-order valence-corrected chi connectivity index (χ2v) is 5.99. The molecule has 1 aliphatic heterocycles. The Balaban J connectivity index is 1.73. The highest BCUT2D eigenvalue weighted by Gasteiger charge is 2.30. The lowest BCUT2D eigenvalue weighted by atomic mass is 10.0. The number of piperazine rings is 1. The average molecular weight is 344 g/mol. The molecular weight excluding hydrogens is 323 g/mol. The molecule has 0 spiro atoms. The van der Waals surface area contributed by atoms with Gasteiger partial charge in [0, 0.05) is 26.2 Å². The molecule has 2 aromatic rings. The number of anilines is 1. The topological polar surface area (TPSA) is 53.0 Å². The van der Waals surface area contributed by atoms with Gasteiger partial charge in [0.1, 0.15) is 17.6 Å². The van der Waals surface area contributed by atoms with Crippen LogP contribution < -0.4 is 9.64 Å². The molecule has 0 aliphatic carbocycles. The van der Waals surface area contributed by atoms with Gasteiger partial charge in [0.2, 0.25) is 0 Å². The van der Waals surface area contributed by atoms with Crippen LogP contribution in [0.5, 0.6) is 5.75 Å². The normalized spacial score (nSPS) is 16.5. The lowest BCUT2D eigenvalue weighted by Crippen LogP contribution is -2.49. The zero-order valence-electron chi connectivity index (χ0n) is 14.1. The van der Waals surface area contributed by atoms with Gasteiger partial charge in [-0.05, 0) is 29.8 Å². The highest BCUT2D eigenvalue weighted by Crippen LogP contribution is 2.30. The van der Waals surface area contributed by atoms with Crippen LogP contribution in [0, 0.1) is 5.82 Å². The average Bonchev–Trinajstić information content (AvgIpc) is 2.64. The number of hydrogen-bond donors (Lipinski definition) is 1. The summed E-state index contributed by atoms with van der Waals surface area (Å²) in [6.45, 7) is 2.61. The third-order valence-corrected chi connectivity index (χ3v) is 4.52. The first-order valence-electron chi connectivity index (χ1n) is 8.20. The molecule has 1 heterocycles. The van der Waals surface area contributed by atoms with E-state index in [-0.39, 0.29) is 5.82 Å². The zero-order chi connectivity index (χ0) is 17.8. The fraction of sp³-hybridized carbons (Fsp3) is 0.316. The van der Waals surface area contributed by atoms with Crippen molar-refractivity contribution in [2.24, 2.45) is 0 Å². The minimum absolute atomic E-state index is 0.367. The highest BCUT2D eigenvalue weighted by atomic mass is 19.1. The van der Waals surface area contributed by atoms with Crippen LogP contribution in [0.2, 0.25) is 0 Å². The van der Waals surface area contributed by atoms with Gasteiger partial charge in [0.05, 0.1) is 12.8 Å². The van der Waals surface area contributed by atoms with Crippen molar-refractivity contribution in [1.82, 2.24) is 4.90 Å². The maximum absolute atomic E-state index is 13.1. The number of hydrogen-bond acceptors (Lipinski definition) is 4. The van der Waals surface area contributed by atoms with Crippen molar-refractivity contribution in [3.05, 3.63) is 59.9 Å². The van der Waals surface area contributed by atoms with Gasteiger partial charge < -0.3 is 14.7 Å². The van der Waals surface area contributed by atoms with E-state index in [0.29, 0.717) is 31.7 Å². The van der Waals surface area contributed by atoms with Gasteiger partial charge in [-0.15, -0.1) is 0 Å². The van der Waals surface area contributed by atoms with Crippen molar-refractivity contribution in [3.63, 3.8) is 0 Å². The zero-order valence-corrected chi connectivity index (χ0v) is 14.1. The van der Waals surface area contributed by atoms with E-state index in [9.17, 15) is 14.3 Å². The molecule has 0 bridgehead atoms. The minimum Gasteiger partial charge on any atom is -0.495 e. The maximum Gasteiger partial charge on any atom is 0.325 e. The summed E-state index contributed by atoms with van der Waals surface area (Å²) < 4.78 is 18.5. The first-order valence-corrected chi connectivity index (χ1v) is 8.20. The number of carbonyl (C=O) groups is 1. The standard InChI is InChI=1S/C19H21FN2O3/c1-25-17-5-3-2-4-16(17)21-10-12-22(13-11-21)18(19(23)24)14-6-8-15(20)9-7-14/h2-9,18H,10-13H2,1H3,(H,23,24). The van der Waals surface area contributed by atoms with Crippen molar-refractivity contribution >= 4 is 11.7 Å². The molecule has 1 fully saturated rings. The fourth-order valence-corrected chi connectivity index (χ4v) is 3.27. The second-order valence-electron chi connectivity index (χ2n) is 5.99. The van der Waals surface area contributed by atoms with Gasteiger partial charge in [0.15, 0.2) is 0 Å². The predicted octanol–water partition coefficient (Wildman–Crippen LogP) is 2.78. The molecule has 25 heavy (non-hydrogen) atoms. The summed E-state index contributed by atoms with van der Waals surface area (Å²) in [5.74, 6) is -0.476. The lowest BCUT2D eigenvalue weighted by Gasteiger charge is -2.39. The first kappa shape index (κ1) is 17.2. The van der Waals surface area contributed by atoms with Crippen LogP contribution >= 0.6 is 0 Å². The van der Waals surface area contributed by atoms with Crippen LogP contribution in [0.15, 0.2) is 48.5 Å². The van der Waals surface area contributed by atoms with E-state index >= 15 is 0 Å². The Kier molecular flexibility index (Phi) is 5.19. The van der Waals surface area contributed by atoms with Gasteiger partial charge in [-0.3, -0.25) is 9.69 Å². The van der Waals surface area contributed by atoms with Gasteiger partial charge in [-0.1, -0.05) is 24.3 Å². The largest absolute Gasteiger partial charge is 0.495 e. The molecule has 0 saturated carbocycles. The minimum atomic E-state index is -0.919. The molecule has 5 nitrogen and oxygen atoms in total. The van der Waals surface area contributed by atoms with Crippen LogP contribution in [0.4, 0.5) is 10.1 Å². The Hall–Kier alpha value is -2.60. The van der Waals surface area contributed by atoms with E-state index in [1.165, 1.54) is 12.1 Å². The summed E-state index contributed by atoms with van der Waals surface area (Å²) in [7, 11) is 1.64. The number of aliphatic carboxylic acids is 1. The molecule has 1 aliphatic rings. The first-order chi connectivity index (χ1) is 12.1. The molecule has 1 unspecified atom stereocenters. The van der Waals surface area contributed by atoms with Crippen molar-refractivity contribution in [2.75, 3.05) is 38.2 Å². The Bertz CT molecular complexity index is 728. The van der Waals surface area contributed by atoms with Crippen molar-refractivity contribution in [2.45, 2.75) is 6.04 Å². The molecule has 0 amide bonds. The number of nitrogens with zero attached hydrogens (tertiary/aromatic N) is 2. The number of methoxy groups -OCH3 is 1. The molecule has 6 heteroatoms. The van der Waals surface area contributed by atoms with E-state index in [4.69, 9.17) is 4.74 Å². The van der Waals surface area contributed by atoms with Crippen molar-refractivity contribution < 1.29 is 19.0 Å². The maximum atomic E-state index is 13.1. The third-order valence-electron chi connectivity index (χ3n) is 4.52. The summed E-state index contributed by atoms with van der Waals surface area (Å²) in [6, 6.07) is 12.7. The number of ether oxygens (including phenoxy) is 1. The summed E-state index contributed by atoms with van der Waals surface area (Å²) in [5, 5.41) is 9.64. The van der Waals surface area contributed by atoms with Gasteiger partial charge in [-0.25, -0.2) is 4.39 Å². The third kappa shape index (κ3) is 3.74. The monoisotopic (exact) mass is 344 g/mol. The Morgan fingerprint density at radius 3 is 2.32 bits per heavy atom. The van der Waals surface area contributed by atoms with Crippen molar-refractivity contribution in [1.29, 1.82) is 0 Å². The van der Waals surface area contributed by atoms with Crippen LogP contribution in [-0.2, 0) is 4.79 Å². The molecule has 3 rings (SSSR count). The fourth-order valence-electron chi connectivity index (χ4n) is 3.27. The van der Waals surface area contributed by atoms with E-state index in [1.54, 1.807) is 19.2 Å². The number of para-hydroxylation sites is 2. The van der Waals surface area contributed by atoms with E-state index in [0.717, 1.165) is 11.4 Å². The molecule has 1 N–H and O–H groups in total. The lowest BCUT2D eigenvalue weighted by molar-refractivity contribution is -0.143. The van der Waals surface area contributed by atoms with Crippen LogP contribution in [0.25, 0.3) is 0 Å². The molecular formula is C19H21FN2O3. The van der Waals surface area contributed by atoms with Crippen molar-refractivity contribution in [3.8, 4) is 5.75 Å². The number of benzene rings is 2. The van der Waals surface area contributed by atoms with E-state index < -0.39 is 12.0 Å². The smallest absolute Gasteiger partial charge is 0.325 e. The van der Waals surface area contributed by atoms with Crippen LogP contribution in [0.3, 0.4) is 0 Å². The van der Waals surface area contributed by atoms with Crippen LogP contribution in [-0.4, -0.2) is 49.3 Å². The molecule has 132 valence electrons.